The number of fused-ring (bicyclic) bond motifs is 2. The van der Waals surface area contributed by atoms with E-state index in [1.54, 1.807) is 43.5 Å². The molecule has 0 saturated heterocycles. The Labute approximate surface area is 198 Å². The number of carbonyl (C=O) groups excluding carboxylic acids is 2. The Morgan fingerprint density at radius 3 is 2.48 bits per heavy atom. The zero-order valence-corrected chi connectivity index (χ0v) is 19.8. The van der Waals surface area contributed by atoms with E-state index >= 15 is 0 Å². The average molecular weight is 465 g/mol. The summed E-state index contributed by atoms with van der Waals surface area (Å²) < 4.78 is 17.5. The molecule has 170 valence electrons. The number of methoxy groups -OCH3 is 1. The van der Waals surface area contributed by atoms with Crippen molar-refractivity contribution in [1.29, 1.82) is 0 Å². The summed E-state index contributed by atoms with van der Waals surface area (Å²) in [6.07, 6.45) is 0.352. The monoisotopic (exact) mass is 464 g/mol. The van der Waals surface area contributed by atoms with Crippen LogP contribution in [0.5, 0.6) is 17.2 Å². The number of rotatable bonds is 5. The number of cyclic esters (lactones) is 1. The number of aryl methyl sites for hydroxylation is 1. The van der Waals surface area contributed by atoms with Crippen molar-refractivity contribution in [3.63, 3.8) is 0 Å². The van der Waals surface area contributed by atoms with Gasteiger partial charge in [-0.05, 0) is 60.4 Å². The summed E-state index contributed by atoms with van der Waals surface area (Å²) in [6, 6.07) is 14.1. The first-order valence-corrected chi connectivity index (χ1v) is 11.1. The molecule has 0 radical (unpaired) electrons. The van der Waals surface area contributed by atoms with Crippen LogP contribution in [0.1, 0.15) is 52.1 Å². The molecule has 1 aliphatic rings. The number of Topliss-reactive ketones (excluding diaryl/α,β-unsaturated/α-hetero) is 1. The third-order valence-corrected chi connectivity index (χ3v) is 5.72. The van der Waals surface area contributed by atoms with E-state index in [1.807, 2.05) is 32.9 Å². The van der Waals surface area contributed by atoms with Crippen molar-refractivity contribution in [2.24, 2.45) is 5.92 Å². The van der Waals surface area contributed by atoms with Gasteiger partial charge < -0.3 is 14.2 Å². The predicted octanol–water partition coefficient (Wildman–Crippen LogP) is 7.02. The van der Waals surface area contributed by atoms with Crippen molar-refractivity contribution < 1.29 is 23.8 Å². The minimum absolute atomic E-state index is 0.0237. The SMILES string of the molecule is COc1cc(C)cc2c1Oc1ccc(C(=O)CC(C)C)c(-c3ccc(Cl)cc3)c1C(=O)OC2. The maximum atomic E-state index is 13.3. The summed E-state index contributed by atoms with van der Waals surface area (Å²) in [4.78, 5) is 26.5. The van der Waals surface area contributed by atoms with Gasteiger partial charge in [-0.2, -0.15) is 0 Å². The molecule has 0 N–H and O–H groups in total. The molecule has 6 heteroatoms. The van der Waals surface area contributed by atoms with Gasteiger partial charge in [-0.15, -0.1) is 0 Å². The molecule has 1 heterocycles. The molecule has 4 rings (SSSR count). The van der Waals surface area contributed by atoms with E-state index < -0.39 is 5.97 Å². The highest BCUT2D eigenvalue weighted by Gasteiger charge is 2.29. The van der Waals surface area contributed by atoms with E-state index in [0.717, 1.165) is 5.56 Å². The second kappa shape index (κ2) is 9.28. The smallest absolute Gasteiger partial charge is 0.342 e. The Morgan fingerprint density at radius 2 is 1.82 bits per heavy atom. The highest BCUT2D eigenvalue weighted by molar-refractivity contribution is 6.30. The van der Waals surface area contributed by atoms with Gasteiger partial charge in [0.25, 0.3) is 0 Å². The van der Waals surface area contributed by atoms with Crippen LogP contribution in [0.4, 0.5) is 0 Å². The number of hydrogen-bond acceptors (Lipinski definition) is 5. The molecule has 0 spiro atoms. The molecule has 0 saturated carbocycles. The molecule has 1 aliphatic heterocycles. The number of halogens is 1. The maximum absolute atomic E-state index is 13.3. The second-order valence-electron chi connectivity index (χ2n) is 8.52. The standard InChI is InChI=1S/C27H25ClO5/c1-15(2)11-21(29)20-9-10-22-25(24(20)17-5-7-19(28)8-6-17)27(30)32-14-18-12-16(3)13-23(31-4)26(18)33-22/h5-10,12-13,15H,11,14H2,1-4H3. The minimum Gasteiger partial charge on any atom is -0.493 e. The van der Waals surface area contributed by atoms with Crippen molar-refractivity contribution >= 4 is 23.4 Å². The summed E-state index contributed by atoms with van der Waals surface area (Å²) in [6.45, 7) is 5.92. The molecular weight excluding hydrogens is 440 g/mol. The molecule has 5 nitrogen and oxygen atoms in total. The summed E-state index contributed by atoms with van der Waals surface area (Å²) in [5, 5.41) is 0.556. The Morgan fingerprint density at radius 1 is 1.09 bits per heavy atom. The Hall–Kier alpha value is -3.31. The zero-order chi connectivity index (χ0) is 23.7. The van der Waals surface area contributed by atoms with Gasteiger partial charge in [0.1, 0.15) is 17.9 Å². The van der Waals surface area contributed by atoms with Crippen molar-refractivity contribution in [3.05, 3.63) is 75.8 Å². The predicted molar refractivity (Wildman–Crippen MR) is 128 cm³/mol. The van der Waals surface area contributed by atoms with Crippen LogP contribution in [0, 0.1) is 12.8 Å². The Balaban J connectivity index is 1.96. The first kappa shape index (κ1) is 22.9. The van der Waals surface area contributed by atoms with Crippen molar-refractivity contribution in [1.82, 2.24) is 0 Å². The van der Waals surface area contributed by atoms with E-state index in [0.29, 0.717) is 50.9 Å². The van der Waals surface area contributed by atoms with Gasteiger partial charge in [0.2, 0.25) is 0 Å². The van der Waals surface area contributed by atoms with Gasteiger partial charge in [0.15, 0.2) is 17.3 Å². The van der Waals surface area contributed by atoms with Crippen LogP contribution in [0.2, 0.25) is 5.02 Å². The molecule has 0 unspecified atom stereocenters. The van der Waals surface area contributed by atoms with Crippen molar-refractivity contribution in [3.8, 4) is 28.4 Å². The quantitative estimate of drug-likeness (QED) is 0.300. The highest BCUT2D eigenvalue weighted by Crippen LogP contribution is 2.43. The van der Waals surface area contributed by atoms with Gasteiger partial charge in [-0.1, -0.05) is 37.6 Å². The van der Waals surface area contributed by atoms with Gasteiger partial charge in [-0.3, -0.25) is 4.79 Å². The largest absolute Gasteiger partial charge is 0.493 e. The Kier molecular flexibility index (Phi) is 6.43. The number of carbonyl (C=O) groups is 2. The summed E-state index contributed by atoms with van der Waals surface area (Å²) in [5.74, 6) is 0.887. The molecule has 0 aromatic heterocycles. The lowest BCUT2D eigenvalue weighted by Crippen LogP contribution is -2.16. The van der Waals surface area contributed by atoms with E-state index in [4.69, 9.17) is 25.8 Å². The van der Waals surface area contributed by atoms with Gasteiger partial charge in [0.05, 0.1) is 7.11 Å². The molecule has 3 aromatic rings. The fourth-order valence-electron chi connectivity index (χ4n) is 4.01. The number of hydrogen-bond donors (Lipinski definition) is 0. The Bertz CT molecular complexity index is 1230. The maximum Gasteiger partial charge on any atom is 0.342 e. The molecule has 3 aromatic carbocycles. The van der Waals surface area contributed by atoms with Crippen molar-refractivity contribution in [2.45, 2.75) is 33.8 Å². The highest BCUT2D eigenvalue weighted by atomic mass is 35.5. The van der Waals surface area contributed by atoms with Crippen molar-refractivity contribution in [2.75, 3.05) is 7.11 Å². The number of benzene rings is 3. The minimum atomic E-state index is -0.555. The third-order valence-electron chi connectivity index (χ3n) is 5.46. The van der Waals surface area contributed by atoms with Crippen LogP contribution in [-0.4, -0.2) is 18.9 Å². The van der Waals surface area contributed by atoms with Crippen LogP contribution < -0.4 is 9.47 Å². The number of ether oxygens (including phenoxy) is 3. The molecule has 0 atom stereocenters. The average Bonchev–Trinajstić information content (AvgIpc) is 2.77. The molecular formula is C27H25ClO5. The van der Waals surface area contributed by atoms with Gasteiger partial charge in [-0.25, -0.2) is 4.79 Å². The lowest BCUT2D eigenvalue weighted by atomic mass is 9.89. The van der Waals surface area contributed by atoms with Crippen LogP contribution in [-0.2, 0) is 11.3 Å². The first-order valence-electron chi connectivity index (χ1n) is 10.8. The fraction of sp³-hybridized carbons (Fsp3) is 0.259. The van der Waals surface area contributed by atoms with Crippen LogP contribution >= 0.6 is 11.6 Å². The first-order chi connectivity index (χ1) is 15.8. The fourth-order valence-corrected chi connectivity index (χ4v) is 4.14. The molecule has 0 aliphatic carbocycles. The van der Waals surface area contributed by atoms with E-state index in [-0.39, 0.29) is 23.9 Å². The van der Waals surface area contributed by atoms with Gasteiger partial charge >= 0.3 is 5.97 Å². The van der Waals surface area contributed by atoms with Crippen LogP contribution in [0.25, 0.3) is 11.1 Å². The second-order valence-corrected chi connectivity index (χ2v) is 8.96. The van der Waals surface area contributed by atoms with Crippen LogP contribution in [0.15, 0.2) is 48.5 Å². The normalized spacial score (nSPS) is 12.7. The summed E-state index contributed by atoms with van der Waals surface area (Å²) in [7, 11) is 1.57. The topological polar surface area (TPSA) is 61.8 Å². The molecule has 33 heavy (non-hydrogen) atoms. The lowest BCUT2D eigenvalue weighted by Gasteiger charge is -2.23. The van der Waals surface area contributed by atoms with Gasteiger partial charge in [0, 0.05) is 28.1 Å². The van der Waals surface area contributed by atoms with E-state index in [1.165, 1.54) is 0 Å². The van der Waals surface area contributed by atoms with Crippen LogP contribution in [0.3, 0.4) is 0 Å². The summed E-state index contributed by atoms with van der Waals surface area (Å²) >= 11 is 6.10. The lowest BCUT2D eigenvalue weighted by molar-refractivity contribution is 0.0460. The van der Waals surface area contributed by atoms with E-state index in [9.17, 15) is 9.59 Å². The molecule has 0 fully saturated rings. The number of ketones is 1. The summed E-state index contributed by atoms with van der Waals surface area (Å²) in [5.41, 5.74) is 3.48. The number of esters is 1. The third kappa shape index (κ3) is 4.60. The van der Waals surface area contributed by atoms with E-state index in [2.05, 4.69) is 0 Å². The molecule has 0 amide bonds. The zero-order valence-electron chi connectivity index (χ0n) is 19.0. The molecule has 0 bridgehead atoms.